The van der Waals surface area contributed by atoms with Crippen LogP contribution in [0, 0.1) is 0 Å². The number of carbonyl (C=O) groups excluding carboxylic acids is 1. The molecular weight excluding hydrogens is 220 g/mol. The number of carboxylic acids is 1. The molecule has 1 aliphatic heterocycles. The number of carbonyl (C=O) groups is 2. The fourth-order valence-electron chi connectivity index (χ4n) is 1.72. The molecule has 1 atom stereocenters. The lowest BCUT2D eigenvalue weighted by atomic mass is 10.2. The van der Waals surface area contributed by atoms with E-state index in [2.05, 4.69) is 11.9 Å². The molecule has 88 valence electrons. The molecule has 0 bridgehead atoms. The van der Waals surface area contributed by atoms with Crippen LogP contribution in [0.2, 0.25) is 0 Å². The van der Waals surface area contributed by atoms with Gasteiger partial charge in [-0.15, -0.1) is 6.58 Å². The summed E-state index contributed by atoms with van der Waals surface area (Å²) in [6.07, 6.45) is 1.65. The van der Waals surface area contributed by atoms with Crippen LogP contribution in [-0.2, 0) is 0 Å². The highest BCUT2D eigenvalue weighted by Gasteiger charge is 2.27. The average Bonchev–Trinajstić information content (AvgIpc) is 2.71. The Morgan fingerprint density at radius 1 is 1.59 bits per heavy atom. The molecule has 0 spiro atoms. The first kappa shape index (κ1) is 11.2. The van der Waals surface area contributed by atoms with E-state index in [1.807, 2.05) is 0 Å². The Bertz CT molecular complexity index is 484. The van der Waals surface area contributed by atoms with Crippen LogP contribution in [0.25, 0.3) is 0 Å². The quantitative estimate of drug-likeness (QED) is 0.775. The van der Waals surface area contributed by atoms with E-state index < -0.39 is 5.97 Å². The van der Waals surface area contributed by atoms with E-state index in [1.54, 1.807) is 18.2 Å². The van der Waals surface area contributed by atoms with Crippen LogP contribution in [0.15, 0.2) is 36.9 Å². The predicted octanol–water partition coefficient (Wildman–Crippen LogP) is 1.47. The third kappa shape index (κ3) is 2.13. The molecule has 0 aliphatic carbocycles. The molecule has 5 nitrogen and oxygen atoms in total. The lowest BCUT2D eigenvalue weighted by molar-refractivity contribution is 0.0697. The monoisotopic (exact) mass is 232 g/mol. The minimum absolute atomic E-state index is 0.101. The third-order valence-electron chi connectivity index (χ3n) is 2.62. The highest BCUT2D eigenvalue weighted by Crippen LogP contribution is 2.20. The summed E-state index contributed by atoms with van der Waals surface area (Å²) in [6, 6.07) is 5.96. The molecule has 1 fully saturated rings. The van der Waals surface area contributed by atoms with Crippen LogP contribution in [0.5, 0.6) is 0 Å². The van der Waals surface area contributed by atoms with Crippen molar-refractivity contribution in [3.8, 4) is 0 Å². The van der Waals surface area contributed by atoms with Crippen LogP contribution in [0.4, 0.5) is 10.5 Å². The highest BCUT2D eigenvalue weighted by atomic mass is 16.4. The van der Waals surface area contributed by atoms with Gasteiger partial charge in [0.15, 0.2) is 0 Å². The Morgan fingerprint density at radius 2 is 2.35 bits per heavy atom. The van der Waals surface area contributed by atoms with Crippen molar-refractivity contribution in [1.29, 1.82) is 0 Å². The number of benzene rings is 1. The van der Waals surface area contributed by atoms with Crippen molar-refractivity contribution < 1.29 is 14.7 Å². The van der Waals surface area contributed by atoms with E-state index in [1.165, 1.54) is 17.0 Å². The van der Waals surface area contributed by atoms with Gasteiger partial charge in [-0.25, -0.2) is 9.59 Å². The van der Waals surface area contributed by atoms with Gasteiger partial charge in [0.05, 0.1) is 18.2 Å². The van der Waals surface area contributed by atoms with Crippen LogP contribution < -0.4 is 10.2 Å². The van der Waals surface area contributed by atoms with Crippen LogP contribution in [-0.4, -0.2) is 29.7 Å². The Kier molecular flexibility index (Phi) is 2.82. The van der Waals surface area contributed by atoms with Gasteiger partial charge in [-0.1, -0.05) is 12.1 Å². The molecule has 0 unspecified atom stereocenters. The number of carboxylic acid groups (broad SMARTS) is 1. The number of hydrogen-bond donors (Lipinski definition) is 2. The first-order valence-electron chi connectivity index (χ1n) is 5.16. The lowest BCUT2D eigenvalue weighted by Crippen LogP contribution is -2.28. The standard InChI is InChI=1S/C12H12N2O3/c1-2-9-7-14(12(17)13-9)10-5-3-4-8(6-10)11(15)16/h2-6,9H,1,7H2,(H,13,17)(H,15,16)/t9-/m0/s1. The number of hydrogen-bond acceptors (Lipinski definition) is 2. The maximum absolute atomic E-state index is 11.6. The molecular formula is C12H12N2O3. The molecule has 1 aliphatic rings. The van der Waals surface area contributed by atoms with E-state index in [0.29, 0.717) is 12.2 Å². The molecule has 5 heteroatoms. The summed E-state index contributed by atoms with van der Waals surface area (Å²) in [5, 5.41) is 11.6. The van der Waals surface area contributed by atoms with Gasteiger partial charge < -0.3 is 10.4 Å². The number of anilines is 1. The second-order valence-corrected chi connectivity index (χ2v) is 3.76. The Hall–Kier alpha value is -2.30. The number of nitrogens with zero attached hydrogens (tertiary/aromatic N) is 1. The lowest BCUT2D eigenvalue weighted by Gasteiger charge is -2.14. The Morgan fingerprint density at radius 3 is 2.94 bits per heavy atom. The van der Waals surface area contributed by atoms with Crippen molar-refractivity contribution in [2.45, 2.75) is 6.04 Å². The van der Waals surface area contributed by atoms with E-state index >= 15 is 0 Å². The number of urea groups is 1. The summed E-state index contributed by atoms with van der Waals surface area (Å²) in [7, 11) is 0. The zero-order valence-corrected chi connectivity index (χ0v) is 9.09. The molecule has 0 radical (unpaired) electrons. The molecule has 1 heterocycles. The number of nitrogens with one attached hydrogen (secondary N) is 1. The molecule has 1 saturated heterocycles. The molecule has 2 rings (SSSR count). The van der Waals surface area contributed by atoms with Gasteiger partial charge in [-0.05, 0) is 18.2 Å². The smallest absolute Gasteiger partial charge is 0.335 e. The van der Waals surface area contributed by atoms with Crippen molar-refractivity contribution in [2.24, 2.45) is 0 Å². The number of aromatic carboxylic acids is 1. The zero-order valence-electron chi connectivity index (χ0n) is 9.09. The predicted molar refractivity (Wildman–Crippen MR) is 63.3 cm³/mol. The maximum atomic E-state index is 11.6. The minimum atomic E-state index is -1.01. The van der Waals surface area contributed by atoms with Crippen molar-refractivity contribution in [3.05, 3.63) is 42.5 Å². The van der Waals surface area contributed by atoms with Crippen molar-refractivity contribution in [3.63, 3.8) is 0 Å². The summed E-state index contributed by atoms with van der Waals surface area (Å²) >= 11 is 0. The van der Waals surface area contributed by atoms with Gasteiger partial charge in [0, 0.05) is 5.69 Å². The second kappa shape index (κ2) is 4.29. The van der Waals surface area contributed by atoms with Gasteiger partial charge in [0.2, 0.25) is 0 Å². The molecule has 1 aromatic carbocycles. The second-order valence-electron chi connectivity index (χ2n) is 3.76. The number of rotatable bonds is 3. The summed E-state index contributed by atoms with van der Waals surface area (Å²) in [4.78, 5) is 24.0. The summed E-state index contributed by atoms with van der Waals surface area (Å²) < 4.78 is 0. The minimum Gasteiger partial charge on any atom is -0.478 e. The van der Waals surface area contributed by atoms with E-state index in [-0.39, 0.29) is 17.6 Å². The van der Waals surface area contributed by atoms with E-state index in [4.69, 9.17) is 5.11 Å². The Balaban J connectivity index is 2.28. The topological polar surface area (TPSA) is 69.6 Å². The normalized spacial score (nSPS) is 18.9. The van der Waals surface area contributed by atoms with Gasteiger partial charge in [0.1, 0.15) is 0 Å². The summed E-state index contributed by atoms with van der Waals surface area (Å²) in [6.45, 7) is 4.08. The van der Waals surface area contributed by atoms with Crippen LogP contribution in [0.3, 0.4) is 0 Å². The largest absolute Gasteiger partial charge is 0.478 e. The fourth-order valence-corrected chi connectivity index (χ4v) is 1.72. The summed E-state index contributed by atoms with van der Waals surface area (Å²) in [5.74, 6) is -1.01. The average molecular weight is 232 g/mol. The van der Waals surface area contributed by atoms with E-state index in [9.17, 15) is 9.59 Å². The van der Waals surface area contributed by atoms with Crippen LogP contribution >= 0.6 is 0 Å². The first-order chi connectivity index (χ1) is 8.11. The van der Waals surface area contributed by atoms with Crippen molar-refractivity contribution in [2.75, 3.05) is 11.4 Å². The first-order valence-corrected chi connectivity index (χ1v) is 5.16. The molecule has 1 aromatic rings. The molecule has 0 saturated carbocycles. The van der Waals surface area contributed by atoms with Crippen LogP contribution in [0.1, 0.15) is 10.4 Å². The maximum Gasteiger partial charge on any atom is 0.335 e. The SMILES string of the molecule is C=C[C@H]1CN(c2cccc(C(=O)O)c2)C(=O)N1. The van der Waals surface area contributed by atoms with Crippen molar-refractivity contribution in [1.82, 2.24) is 5.32 Å². The van der Waals surface area contributed by atoms with Gasteiger partial charge in [-0.2, -0.15) is 0 Å². The molecule has 17 heavy (non-hydrogen) atoms. The van der Waals surface area contributed by atoms with Crippen molar-refractivity contribution >= 4 is 17.7 Å². The molecule has 0 aromatic heterocycles. The van der Waals surface area contributed by atoms with Gasteiger partial charge in [0.25, 0.3) is 0 Å². The molecule has 2 amide bonds. The summed E-state index contributed by atoms with van der Waals surface area (Å²) in [5.41, 5.74) is 0.740. The third-order valence-corrected chi connectivity index (χ3v) is 2.62. The Labute approximate surface area is 98.4 Å². The fraction of sp³-hybridized carbons (Fsp3) is 0.167. The van der Waals surface area contributed by atoms with Gasteiger partial charge >= 0.3 is 12.0 Å². The van der Waals surface area contributed by atoms with Gasteiger partial charge in [-0.3, -0.25) is 4.90 Å². The van der Waals surface area contributed by atoms with E-state index in [0.717, 1.165) is 0 Å². The zero-order chi connectivity index (χ0) is 12.4. The highest BCUT2D eigenvalue weighted by molar-refractivity contribution is 5.96. The molecule has 2 N–H and O–H groups in total. The number of amides is 2.